The zero-order chi connectivity index (χ0) is 14.1. The quantitative estimate of drug-likeness (QED) is 0.826. The van der Waals surface area contributed by atoms with E-state index in [9.17, 15) is 0 Å². The number of morpholine rings is 1. The van der Waals surface area contributed by atoms with E-state index in [0.29, 0.717) is 30.7 Å². The van der Waals surface area contributed by atoms with E-state index in [1.807, 2.05) is 0 Å². The molecule has 1 aromatic heterocycles. The molecule has 0 bridgehead atoms. The number of hydrogen-bond donors (Lipinski definition) is 0. The van der Waals surface area contributed by atoms with E-state index in [-0.39, 0.29) is 0 Å². The summed E-state index contributed by atoms with van der Waals surface area (Å²) in [6, 6.07) is 2.88. The van der Waals surface area contributed by atoms with Gasteiger partial charge in [-0.2, -0.15) is 0 Å². The van der Waals surface area contributed by atoms with Gasteiger partial charge in [-0.1, -0.05) is 0 Å². The molecule has 3 atom stereocenters. The van der Waals surface area contributed by atoms with Crippen molar-refractivity contribution >= 4 is 0 Å². The Morgan fingerprint density at radius 2 is 2.05 bits per heavy atom. The lowest BCUT2D eigenvalue weighted by atomic mass is 10.0. The van der Waals surface area contributed by atoms with E-state index in [0.717, 1.165) is 19.1 Å². The normalized spacial score (nSPS) is 32.9. The number of ether oxygens (including phenoxy) is 2. The molecule has 0 unspecified atom stereocenters. The number of nitrogens with zero attached hydrogens (tertiary/aromatic N) is 3. The summed E-state index contributed by atoms with van der Waals surface area (Å²) < 4.78 is 11.8. The van der Waals surface area contributed by atoms with Crippen LogP contribution in [-0.4, -0.2) is 53.3 Å². The Hall–Kier alpha value is -1.20. The largest absolute Gasteiger partial charge is 0.463 e. The topological polar surface area (TPSA) is 47.5 Å². The van der Waals surface area contributed by atoms with Gasteiger partial charge in [-0.05, 0) is 37.7 Å². The van der Waals surface area contributed by atoms with Gasteiger partial charge in [0.25, 0.3) is 0 Å². The average molecular weight is 289 g/mol. The van der Waals surface area contributed by atoms with Gasteiger partial charge in [0.2, 0.25) is 0 Å². The Kier molecular flexibility index (Phi) is 3.78. The second-order valence-corrected chi connectivity index (χ2v) is 6.52. The molecule has 1 saturated heterocycles. The molecule has 114 valence electrons. The highest BCUT2D eigenvalue weighted by Gasteiger charge is 2.44. The van der Waals surface area contributed by atoms with Crippen LogP contribution >= 0.6 is 0 Å². The van der Waals surface area contributed by atoms with E-state index in [4.69, 9.17) is 9.47 Å². The molecule has 0 N–H and O–H groups in total. The summed E-state index contributed by atoms with van der Waals surface area (Å²) in [5.41, 5.74) is 0. The molecule has 21 heavy (non-hydrogen) atoms. The highest BCUT2D eigenvalue weighted by Crippen LogP contribution is 2.38. The predicted molar refractivity (Wildman–Crippen MR) is 78.1 cm³/mol. The monoisotopic (exact) mass is 289 g/mol. The fourth-order valence-electron chi connectivity index (χ4n) is 3.72. The molecule has 0 spiro atoms. The number of fused-ring (bicyclic) bond motifs is 1. The van der Waals surface area contributed by atoms with Crippen molar-refractivity contribution in [1.29, 1.82) is 0 Å². The summed E-state index contributed by atoms with van der Waals surface area (Å²) in [4.78, 5) is 10.9. The molecule has 0 aromatic carbocycles. The van der Waals surface area contributed by atoms with Crippen molar-refractivity contribution in [3.8, 4) is 6.01 Å². The smallest absolute Gasteiger partial charge is 0.316 e. The van der Waals surface area contributed by atoms with Gasteiger partial charge in [-0.15, -0.1) is 0 Å². The van der Waals surface area contributed by atoms with Crippen molar-refractivity contribution in [3.05, 3.63) is 18.5 Å². The Morgan fingerprint density at radius 1 is 1.19 bits per heavy atom. The standard InChI is InChI=1S/C16H23N3O2/c1-6-17-16(18-7-1)21-11-13-4-5-14-15(13)20-9-8-19(14)10-12-2-3-12/h1,6-7,12-15H,2-5,8-11H2/t13-,14+,15-/m0/s1. The summed E-state index contributed by atoms with van der Waals surface area (Å²) in [7, 11) is 0. The third kappa shape index (κ3) is 3.04. The first-order chi connectivity index (χ1) is 10.4. The number of hydrogen-bond acceptors (Lipinski definition) is 5. The van der Waals surface area contributed by atoms with Crippen molar-refractivity contribution in [2.45, 2.75) is 37.8 Å². The van der Waals surface area contributed by atoms with Crippen molar-refractivity contribution in [1.82, 2.24) is 14.9 Å². The molecule has 2 heterocycles. The summed E-state index contributed by atoms with van der Waals surface area (Å²) in [6.45, 7) is 3.92. The molecule has 4 rings (SSSR count). The SMILES string of the molecule is c1cnc(OC[C@@H]2CC[C@@H]3[C@H]2OCCN3CC2CC2)nc1. The summed E-state index contributed by atoms with van der Waals surface area (Å²) in [6.07, 6.45) is 9.04. The molecule has 0 amide bonds. The van der Waals surface area contributed by atoms with Crippen LogP contribution in [0.5, 0.6) is 6.01 Å². The van der Waals surface area contributed by atoms with E-state index < -0.39 is 0 Å². The average Bonchev–Trinajstić information content (AvgIpc) is 3.24. The van der Waals surface area contributed by atoms with Crippen LogP contribution in [0.15, 0.2) is 18.5 Å². The van der Waals surface area contributed by atoms with E-state index in [1.54, 1.807) is 18.5 Å². The molecule has 1 aromatic rings. The maximum Gasteiger partial charge on any atom is 0.316 e. The van der Waals surface area contributed by atoms with E-state index in [2.05, 4.69) is 14.9 Å². The van der Waals surface area contributed by atoms with Gasteiger partial charge >= 0.3 is 6.01 Å². The van der Waals surface area contributed by atoms with Crippen LogP contribution < -0.4 is 4.74 Å². The Balaban J connectivity index is 1.34. The Labute approximate surface area is 125 Å². The first-order valence-electron chi connectivity index (χ1n) is 8.15. The van der Waals surface area contributed by atoms with E-state index >= 15 is 0 Å². The molecule has 5 heteroatoms. The Morgan fingerprint density at radius 3 is 2.86 bits per heavy atom. The minimum absolute atomic E-state index is 0.334. The second-order valence-electron chi connectivity index (χ2n) is 6.52. The van der Waals surface area contributed by atoms with Gasteiger partial charge in [0, 0.05) is 37.4 Å². The first-order valence-corrected chi connectivity index (χ1v) is 8.15. The van der Waals surface area contributed by atoms with Crippen LogP contribution in [-0.2, 0) is 4.74 Å². The fourth-order valence-corrected chi connectivity index (χ4v) is 3.72. The fraction of sp³-hybridized carbons (Fsp3) is 0.750. The lowest BCUT2D eigenvalue weighted by molar-refractivity contribution is -0.0802. The third-order valence-electron chi connectivity index (χ3n) is 4.99. The number of rotatable bonds is 5. The van der Waals surface area contributed by atoms with Crippen molar-refractivity contribution in [3.63, 3.8) is 0 Å². The summed E-state index contributed by atoms with van der Waals surface area (Å²) >= 11 is 0. The highest BCUT2D eigenvalue weighted by molar-refractivity contribution is 4.98. The lowest BCUT2D eigenvalue weighted by Crippen LogP contribution is -2.51. The zero-order valence-corrected chi connectivity index (χ0v) is 12.4. The molecule has 5 nitrogen and oxygen atoms in total. The maximum atomic E-state index is 6.07. The van der Waals surface area contributed by atoms with Crippen LogP contribution in [0.25, 0.3) is 0 Å². The van der Waals surface area contributed by atoms with Gasteiger partial charge in [-0.25, -0.2) is 9.97 Å². The van der Waals surface area contributed by atoms with Crippen molar-refractivity contribution in [2.75, 3.05) is 26.3 Å². The second kappa shape index (κ2) is 5.89. The van der Waals surface area contributed by atoms with Crippen molar-refractivity contribution < 1.29 is 9.47 Å². The van der Waals surface area contributed by atoms with E-state index in [1.165, 1.54) is 32.2 Å². The molecular formula is C16H23N3O2. The van der Waals surface area contributed by atoms with Gasteiger partial charge < -0.3 is 9.47 Å². The highest BCUT2D eigenvalue weighted by atomic mass is 16.5. The predicted octanol–water partition coefficient (Wildman–Crippen LogP) is 1.74. The maximum absolute atomic E-state index is 6.07. The lowest BCUT2D eigenvalue weighted by Gasteiger charge is -2.39. The van der Waals surface area contributed by atoms with Gasteiger partial charge in [0.05, 0.1) is 19.3 Å². The zero-order valence-electron chi connectivity index (χ0n) is 12.4. The summed E-state index contributed by atoms with van der Waals surface area (Å²) in [5, 5.41) is 0. The van der Waals surface area contributed by atoms with Crippen LogP contribution in [0.2, 0.25) is 0 Å². The molecule has 3 fully saturated rings. The minimum Gasteiger partial charge on any atom is -0.463 e. The van der Waals surface area contributed by atoms with Crippen LogP contribution in [0.1, 0.15) is 25.7 Å². The third-order valence-corrected chi connectivity index (χ3v) is 4.99. The first kappa shape index (κ1) is 13.5. The molecule has 2 aliphatic carbocycles. The molecule has 0 radical (unpaired) electrons. The van der Waals surface area contributed by atoms with Crippen molar-refractivity contribution in [2.24, 2.45) is 11.8 Å². The number of aromatic nitrogens is 2. The molecule has 3 aliphatic rings. The van der Waals surface area contributed by atoms with Gasteiger partial charge in [0.1, 0.15) is 0 Å². The molecular weight excluding hydrogens is 266 g/mol. The van der Waals surface area contributed by atoms with Crippen LogP contribution in [0.3, 0.4) is 0 Å². The van der Waals surface area contributed by atoms with Gasteiger partial charge in [-0.3, -0.25) is 4.90 Å². The van der Waals surface area contributed by atoms with Crippen LogP contribution in [0, 0.1) is 11.8 Å². The van der Waals surface area contributed by atoms with Gasteiger partial charge in [0.15, 0.2) is 0 Å². The van der Waals surface area contributed by atoms with Crippen LogP contribution in [0.4, 0.5) is 0 Å². The summed E-state index contributed by atoms with van der Waals surface area (Å²) in [5.74, 6) is 1.43. The Bertz CT molecular complexity index is 466. The molecule has 2 saturated carbocycles. The minimum atomic E-state index is 0.334. The molecule has 1 aliphatic heterocycles.